The van der Waals surface area contributed by atoms with Crippen molar-refractivity contribution in [2.45, 2.75) is 44.8 Å². The van der Waals surface area contributed by atoms with Crippen molar-refractivity contribution in [3.63, 3.8) is 0 Å². The SMILES string of the molecule is OCC(CO)CCCCOC1CCCCO1. The van der Waals surface area contributed by atoms with Gasteiger partial charge in [0.1, 0.15) is 0 Å². The molecule has 0 bridgehead atoms. The van der Waals surface area contributed by atoms with Crippen LogP contribution in [0.5, 0.6) is 0 Å². The molecule has 2 N–H and O–H groups in total. The van der Waals surface area contributed by atoms with Gasteiger partial charge in [-0.15, -0.1) is 0 Å². The van der Waals surface area contributed by atoms with Gasteiger partial charge in [-0.05, 0) is 32.1 Å². The smallest absolute Gasteiger partial charge is 0.157 e. The summed E-state index contributed by atoms with van der Waals surface area (Å²) < 4.78 is 11.0. The van der Waals surface area contributed by atoms with E-state index in [-0.39, 0.29) is 25.4 Å². The summed E-state index contributed by atoms with van der Waals surface area (Å²) in [5.74, 6) is 0.0333. The third-order valence-corrected chi connectivity index (χ3v) is 2.96. The zero-order valence-corrected chi connectivity index (χ0v) is 9.94. The largest absolute Gasteiger partial charge is 0.396 e. The zero-order chi connectivity index (χ0) is 11.6. The number of ether oxygens (including phenoxy) is 2. The van der Waals surface area contributed by atoms with Gasteiger partial charge < -0.3 is 19.7 Å². The summed E-state index contributed by atoms with van der Waals surface area (Å²) in [6, 6.07) is 0. The molecule has 16 heavy (non-hydrogen) atoms. The molecule has 1 saturated heterocycles. The van der Waals surface area contributed by atoms with Gasteiger partial charge in [-0.25, -0.2) is 0 Å². The highest BCUT2D eigenvalue weighted by Crippen LogP contribution is 2.14. The van der Waals surface area contributed by atoms with E-state index in [2.05, 4.69) is 0 Å². The predicted molar refractivity (Wildman–Crippen MR) is 61.1 cm³/mol. The van der Waals surface area contributed by atoms with Crippen LogP contribution in [0, 0.1) is 5.92 Å². The second-order valence-corrected chi connectivity index (χ2v) is 4.39. The van der Waals surface area contributed by atoms with Crippen LogP contribution in [0.3, 0.4) is 0 Å². The van der Waals surface area contributed by atoms with E-state index < -0.39 is 0 Å². The van der Waals surface area contributed by atoms with Crippen molar-refractivity contribution < 1.29 is 19.7 Å². The molecule has 0 radical (unpaired) electrons. The normalized spacial score (nSPS) is 21.6. The highest BCUT2D eigenvalue weighted by atomic mass is 16.7. The Labute approximate surface area is 97.6 Å². The van der Waals surface area contributed by atoms with Gasteiger partial charge >= 0.3 is 0 Å². The number of hydrogen-bond acceptors (Lipinski definition) is 4. The first-order valence-electron chi connectivity index (χ1n) is 6.31. The van der Waals surface area contributed by atoms with Crippen molar-refractivity contribution in [3.05, 3.63) is 0 Å². The predicted octanol–water partition coefficient (Wildman–Crippen LogP) is 1.30. The van der Waals surface area contributed by atoms with Crippen molar-refractivity contribution in [1.82, 2.24) is 0 Å². The quantitative estimate of drug-likeness (QED) is 0.619. The van der Waals surface area contributed by atoms with E-state index in [0.29, 0.717) is 6.61 Å². The molecule has 1 atom stereocenters. The van der Waals surface area contributed by atoms with E-state index in [4.69, 9.17) is 19.7 Å². The summed E-state index contributed by atoms with van der Waals surface area (Å²) in [6.45, 7) is 1.68. The Morgan fingerprint density at radius 1 is 1.19 bits per heavy atom. The van der Waals surface area contributed by atoms with Crippen LogP contribution in [-0.2, 0) is 9.47 Å². The monoisotopic (exact) mass is 232 g/mol. The maximum absolute atomic E-state index is 8.88. The molecule has 96 valence electrons. The molecule has 0 aromatic rings. The molecule has 1 fully saturated rings. The van der Waals surface area contributed by atoms with Crippen LogP contribution >= 0.6 is 0 Å². The molecule has 1 rings (SSSR count). The van der Waals surface area contributed by atoms with E-state index >= 15 is 0 Å². The van der Waals surface area contributed by atoms with Crippen LogP contribution in [0.2, 0.25) is 0 Å². The van der Waals surface area contributed by atoms with Crippen molar-refractivity contribution in [2.24, 2.45) is 5.92 Å². The first-order chi connectivity index (χ1) is 7.86. The Bertz CT molecular complexity index is 153. The van der Waals surface area contributed by atoms with E-state index in [1.165, 1.54) is 6.42 Å². The molecule has 0 aromatic carbocycles. The number of aliphatic hydroxyl groups excluding tert-OH is 2. The van der Waals surface area contributed by atoms with Crippen LogP contribution in [0.1, 0.15) is 38.5 Å². The minimum Gasteiger partial charge on any atom is -0.396 e. The molecular weight excluding hydrogens is 208 g/mol. The third kappa shape index (κ3) is 5.80. The fourth-order valence-corrected chi connectivity index (χ4v) is 1.83. The molecule has 4 heteroatoms. The maximum atomic E-state index is 8.88. The lowest BCUT2D eigenvalue weighted by Crippen LogP contribution is -2.22. The molecule has 0 saturated carbocycles. The first kappa shape index (κ1) is 13.9. The Morgan fingerprint density at radius 3 is 2.62 bits per heavy atom. The number of rotatable bonds is 8. The Kier molecular flexibility index (Phi) is 7.76. The summed E-state index contributed by atoms with van der Waals surface area (Å²) in [5, 5.41) is 17.8. The van der Waals surface area contributed by atoms with Crippen molar-refractivity contribution in [3.8, 4) is 0 Å². The van der Waals surface area contributed by atoms with Crippen LogP contribution in [0.4, 0.5) is 0 Å². The Hall–Kier alpha value is -0.160. The van der Waals surface area contributed by atoms with Crippen molar-refractivity contribution in [2.75, 3.05) is 26.4 Å². The minimum absolute atomic E-state index is 0.000213. The van der Waals surface area contributed by atoms with Gasteiger partial charge in [0.15, 0.2) is 6.29 Å². The molecule has 4 nitrogen and oxygen atoms in total. The molecule has 1 aliphatic rings. The minimum atomic E-state index is 0.000213. The van der Waals surface area contributed by atoms with E-state index in [9.17, 15) is 0 Å². The summed E-state index contributed by atoms with van der Waals surface area (Å²) in [5.41, 5.74) is 0. The van der Waals surface area contributed by atoms with Crippen LogP contribution in [0.15, 0.2) is 0 Å². The highest BCUT2D eigenvalue weighted by Gasteiger charge is 2.13. The molecule has 0 aliphatic carbocycles. The van der Waals surface area contributed by atoms with Crippen LogP contribution in [0.25, 0.3) is 0 Å². The molecule has 1 heterocycles. The number of unbranched alkanes of at least 4 members (excludes halogenated alkanes) is 1. The van der Waals surface area contributed by atoms with Gasteiger partial charge in [-0.3, -0.25) is 0 Å². The Balaban J connectivity index is 1.90. The van der Waals surface area contributed by atoms with Gasteiger partial charge in [0.05, 0.1) is 0 Å². The summed E-state index contributed by atoms with van der Waals surface area (Å²) in [7, 11) is 0. The fourth-order valence-electron chi connectivity index (χ4n) is 1.83. The van der Waals surface area contributed by atoms with Gasteiger partial charge in [0, 0.05) is 32.3 Å². The molecule has 0 aromatic heterocycles. The van der Waals surface area contributed by atoms with Crippen molar-refractivity contribution >= 4 is 0 Å². The maximum Gasteiger partial charge on any atom is 0.157 e. The van der Waals surface area contributed by atoms with Gasteiger partial charge in [0.2, 0.25) is 0 Å². The van der Waals surface area contributed by atoms with E-state index in [1.807, 2.05) is 0 Å². The summed E-state index contributed by atoms with van der Waals surface area (Å²) in [6.07, 6.45) is 6.17. The molecule has 0 amide bonds. The lowest BCUT2D eigenvalue weighted by atomic mass is 10.0. The average Bonchev–Trinajstić information content (AvgIpc) is 2.35. The van der Waals surface area contributed by atoms with Crippen molar-refractivity contribution in [1.29, 1.82) is 0 Å². The second kappa shape index (κ2) is 8.93. The van der Waals surface area contributed by atoms with E-state index in [0.717, 1.165) is 38.7 Å². The molecule has 1 aliphatic heterocycles. The van der Waals surface area contributed by atoms with Crippen LogP contribution in [-0.4, -0.2) is 42.9 Å². The number of aliphatic hydroxyl groups is 2. The summed E-state index contributed by atoms with van der Waals surface area (Å²) >= 11 is 0. The second-order valence-electron chi connectivity index (χ2n) is 4.39. The average molecular weight is 232 g/mol. The topological polar surface area (TPSA) is 58.9 Å². The third-order valence-electron chi connectivity index (χ3n) is 2.96. The highest BCUT2D eigenvalue weighted by molar-refractivity contribution is 4.57. The fraction of sp³-hybridized carbons (Fsp3) is 1.00. The van der Waals surface area contributed by atoms with E-state index in [1.54, 1.807) is 0 Å². The standard InChI is InChI=1S/C12H24O4/c13-9-11(10-14)5-1-3-7-15-12-6-2-4-8-16-12/h11-14H,1-10H2. The van der Waals surface area contributed by atoms with Gasteiger partial charge in [-0.1, -0.05) is 6.42 Å². The summed E-state index contributed by atoms with van der Waals surface area (Å²) in [4.78, 5) is 0. The lowest BCUT2D eigenvalue weighted by Gasteiger charge is -2.22. The molecule has 0 spiro atoms. The molecular formula is C12H24O4. The Morgan fingerprint density at radius 2 is 2.00 bits per heavy atom. The first-order valence-corrected chi connectivity index (χ1v) is 6.31. The van der Waals surface area contributed by atoms with Gasteiger partial charge in [0.25, 0.3) is 0 Å². The van der Waals surface area contributed by atoms with Gasteiger partial charge in [-0.2, -0.15) is 0 Å². The number of hydrogen-bond donors (Lipinski definition) is 2. The lowest BCUT2D eigenvalue weighted by molar-refractivity contribution is -0.162. The molecule has 1 unspecified atom stereocenters. The zero-order valence-electron chi connectivity index (χ0n) is 9.94. The van der Waals surface area contributed by atoms with Crippen LogP contribution < -0.4 is 0 Å².